The van der Waals surface area contributed by atoms with Crippen LogP contribution in [0.15, 0.2) is 0 Å². The van der Waals surface area contributed by atoms with E-state index in [0.29, 0.717) is 45.7 Å². The largest absolute Gasteiger partial charge is 0.379 e. The normalized spacial score (nSPS) is 12.7. The van der Waals surface area contributed by atoms with Crippen LogP contribution < -0.4 is 5.32 Å². The fourth-order valence-corrected chi connectivity index (χ4v) is 1.74. The minimum atomic E-state index is 0.450. The first-order chi connectivity index (χ1) is 10.3. The average molecular weight is 305 g/mol. The van der Waals surface area contributed by atoms with Crippen molar-refractivity contribution in [3.05, 3.63) is 0 Å². The Balaban J connectivity index is 3.08. The molecule has 0 rings (SSSR count). The lowest BCUT2D eigenvalue weighted by molar-refractivity contribution is -0.00434. The highest BCUT2D eigenvalue weighted by Crippen LogP contribution is 1.92. The van der Waals surface area contributed by atoms with Gasteiger partial charge in [-0.2, -0.15) is 0 Å². The predicted octanol–water partition coefficient (Wildman–Crippen LogP) is 2.24. The zero-order valence-corrected chi connectivity index (χ0v) is 14.2. The van der Waals surface area contributed by atoms with Crippen LogP contribution in [-0.2, 0) is 18.9 Å². The molecule has 0 fully saturated rings. The second-order valence-electron chi connectivity index (χ2n) is 4.93. The summed E-state index contributed by atoms with van der Waals surface area (Å²) in [6, 6.07) is 0.450. The Bertz CT molecular complexity index is 193. The van der Waals surface area contributed by atoms with Crippen molar-refractivity contribution < 1.29 is 18.9 Å². The third-order valence-electron chi connectivity index (χ3n) is 3.06. The van der Waals surface area contributed by atoms with E-state index < -0.39 is 0 Å². The van der Waals surface area contributed by atoms with Gasteiger partial charge in [-0.25, -0.2) is 0 Å². The van der Waals surface area contributed by atoms with E-state index in [0.717, 1.165) is 32.6 Å². The highest BCUT2D eigenvalue weighted by Gasteiger charge is 2.03. The number of rotatable bonds is 17. The van der Waals surface area contributed by atoms with Gasteiger partial charge in [-0.05, 0) is 19.4 Å². The standard InChI is InChI=1S/C16H35NO4/c1-4-7-8-18-9-10-19-11-12-20-13-14-21-15-16(5-2)17-6-3/h16-17H,4-15H2,1-3H3. The van der Waals surface area contributed by atoms with Gasteiger partial charge < -0.3 is 24.3 Å². The van der Waals surface area contributed by atoms with E-state index in [1.165, 1.54) is 6.42 Å². The smallest absolute Gasteiger partial charge is 0.0701 e. The molecule has 5 nitrogen and oxygen atoms in total. The van der Waals surface area contributed by atoms with Crippen molar-refractivity contribution in [2.45, 2.75) is 46.1 Å². The van der Waals surface area contributed by atoms with Crippen molar-refractivity contribution >= 4 is 0 Å². The van der Waals surface area contributed by atoms with Gasteiger partial charge in [-0.3, -0.25) is 0 Å². The second kappa shape index (κ2) is 17.9. The summed E-state index contributed by atoms with van der Waals surface area (Å²) in [6.07, 6.45) is 3.38. The van der Waals surface area contributed by atoms with Gasteiger partial charge in [0.25, 0.3) is 0 Å². The first-order valence-corrected chi connectivity index (χ1v) is 8.39. The Labute approximate surface area is 130 Å². The molecule has 0 aliphatic rings. The van der Waals surface area contributed by atoms with Crippen molar-refractivity contribution in [1.29, 1.82) is 0 Å². The fraction of sp³-hybridized carbons (Fsp3) is 1.00. The zero-order chi connectivity index (χ0) is 15.6. The lowest BCUT2D eigenvalue weighted by Crippen LogP contribution is -2.33. The van der Waals surface area contributed by atoms with E-state index in [-0.39, 0.29) is 0 Å². The van der Waals surface area contributed by atoms with Gasteiger partial charge in [0.15, 0.2) is 0 Å². The maximum Gasteiger partial charge on any atom is 0.0701 e. The molecule has 1 N–H and O–H groups in total. The van der Waals surface area contributed by atoms with Crippen LogP contribution in [0.4, 0.5) is 0 Å². The summed E-state index contributed by atoms with van der Waals surface area (Å²) in [4.78, 5) is 0. The fourth-order valence-electron chi connectivity index (χ4n) is 1.74. The molecule has 21 heavy (non-hydrogen) atoms. The minimum Gasteiger partial charge on any atom is -0.379 e. The van der Waals surface area contributed by atoms with Gasteiger partial charge in [-0.1, -0.05) is 27.2 Å². The van der Waals surface area contributed by atoms with Crippen LogP contribution in [0.3, 0.4) is 0 Å². The molecule has 0 saturated carbocycles. The quantitative estimate of drug-likeness (QED) is 0.418. The van der Waals surface area contributed by atoms with Crippen molar-refractivity contribution in [1.82, 2.24) is 5.32 Å². The number of hydrogen-bond acceptors (Lipinski definition) is 5. The van der Waals surface area contributed by atoms with E-state index in [2.05, 4.69) is 26.1 Å². The molecule has 0 heterocycles. The Kier molecular flexibility index (Phi) is 17.7. The van der Waals surface area contributed by atoms with Crippen LogP contribution in [0.25, 0.3) is 0 Å². The summed E-state index contributed by atoms with van der Waals surface area (Å²) in [6.45, 7) is 12.8. The summed E-state index contributed by atoms with van der Waals surface area (Å²) < 4.78 is 21.8. The van der Waals surface area contributed by atoms with E-state index in [1.54, 1.807) is 0 Å². The molecule has 0 amide bonds. The number of likely N-dealkylation sites (N-methyl/N-ethyl adjacent to an activating group) is 1. The molecular formula is C16H35NO4. The summed E-state index contributed by atoms with van der Waals surface area (Å²) in [7, 11) is 0. The molecule has 1 unspecified atom stereocenters. The van der Waals surface area contributed by atoms with Crippen molar-refractivity contribution in [2.75, 3.05) is 59.4 Å². The number of ether oxygens (including phenoxy) is 4. The first-order valence-electron chi connectivity index (χ1n) is 8.39. The van der Waals surface area contributed by atoms with Crippen LogP contribution in [0.5, 0.6) is 0 Å². The highest BCUT2D eigenvalue weighted by molar-refractivity contribution is 4.61. The number of hydrogen-bond donors (Lipinski definition) is 1. The monoisotopic (exact) mass is 305 g/mol. The van der Waals surface area contributed by atoms with Gasteiger partial charge in [0.2, 0.25) is 0 Å². The zero-order valence-electron chi connectivity index (χ0n) is 14.2. The van der Waals surface area contributed by atoms with Gasteiger partial charge >= 0.3 is 0 Å². The molecule has 0 aliphatic carbocycles. The molecule has 0 bridgehead atoms. The van der Waals surface area contributed by atoms with Gasteiger partial charge in [0, 0.05) is 12.6 Å². The van der Waals surface area contributed by atoms with Gasteiger partial charge in [0.05, 0.1) is 46.2 Å². The Hall–Kier alpha value is -0.200. The molecule has 5 heteroatoms. The van der Waals surface area contributed by atoms with E-state index in [9.17, 15) is 0 Å². The molecule has 0 spiro atoms. The third-order valence-corrected chi connectivity index (χ3v) is 3.06. The van der Waals surface area contributed by atoms with E-state index in [1.807, 2.05) is 0 Å². The summed E-state index contributed by atoms with van der Waals surface area (Å²) in [5.41, 5.74) is 0. The molecule has 128 valence electrons. The van der Waals surface area contributed by atoms with E-state index in [4.69, 9.17) is 18.9 Å². The predicted molar refractivity (Wildman–Crippen MR) is 85.9 cm³/mol. The first kappa shape index (κ1) is 20.8. The number of unbranched alkanes of at least 4 members (excludes halogenated alkanes) is 1. The van der Waals surface area contributed by atoms with Crippen LogP contribution in [0, 0.1) is 0 Å². The topological polar surface area (TPSA) is 49.0 Å². The average Bonchev–Trinajstić information content (AvgIpc) is 2.50. The van der Waals surface area contributed by atoms with Crippen LogP contribution in [0.1, 0.15) is 40.0 Å². The molecule has 0 aromatic carbocycles. The Morgan fingerprint density at radius 2 is 1.24 bits per heavy atom. The maximum atomic E-state index is 5.57. The van der Waals surface area contributed by atoms with Crippen molar-refractivity contribution in [2.24, 2.45) is 0 Å². The van der Waals surface area contributed by atoms with Crippen molar-refractivity contribution in [3.8, 4) is 0 Å². The van der Waals surface area contributed by atoms with Crippen LogP contribution in [0.2, 0.25) is 0 Å². The van der Waals surface area contributed by atoms with Gasteiger partial charge in [0.1, 0.15) is 0 Å². The van der Waals surface area contributed by atoms with E-state index >= 15 is 0 Å². The molecule has 0 aromatic heterocycles. The summed E-state index contributed by atoms with van der Waals surface area (Å²) >= 11 is 0. The molecule has 0 aromatic rings. The molecule has 0 radical (unpaired) electrons. The summed E-state index contributed by atoms with van der Waals surface area (Å²) in [5.74, 6) is 0. The Morgan fingerprint density at radius 3 is 1.71 bits per heavy atom. The lowest BCUT2D eigenvalue weighted by Gasteiger charge is -2.15. The lowest BCUT2D eigenvalue weighted by atomic mass is 10.2. The highest BCUT2D eigenvalue weighted by atomic mass is 16.6. The molecule has 0 saturated heterocycles. The molecule has 0 aliphatic heterocycles. The van der Waals surface area contributed by atoms with Gasteiger partial charge in [-0.15, -0.1) is 0 Å². The minimum absolute atomic E-state index is 0.450. The van der Waals surface area contributed by atoms with Crippen molar-refractivity contribution in [3.63, 3.8) is 0 Å². The molecular weight excluding hydrogens is 270 g/mol. The number of nitrogens with one attached hydrogen (secondary N) is 1. The third kappa shape index (κ3) is 16.0. The summed E-state index contributed by atoms with van der Waals surface area (Å²) in [5, 5.41) is 3.38. The Morgan fingerprint density at radius 1 is 0.714 bits per heavy atom. The van der Waals surface area contributed by atoms with Crippen LogP contribution >= 0.6 is 0 Å². The SMILES string of the molecule is CCCCOCCOCCOCCOCC(CC)NCC. The molecule has 1 atom stereocenters. The maximum absolute atomic E-state index is 5.57. The van der Waals surface area contributed by atoms with Crippen LogP contribution in [-0.4, -0.2) is 65.4 Å². The second-order valence-corrected chi connectivity index (χ2v) is 4.93.